The van der Waals surface area contributed by atoms with Crippen molar-refractivity contribution in [2.45, 2.75) is 25.4 Å². The minimum Gasteiger partial charge on any atom is -0.331 e. The first-order chi connectivity index (χ1) is 12.7. The van der Waals surface area contributed by atoms with Gasteiger partial charge in [-0.1, -0.05) is 0 Å². The fourth-order valence-electron chi connectivity index (χ4n) is 3.28. The number of H-pyrrole nitrogens is 1. The van der Waals surface area contributed by atoms with Gasteiger partial charge in [0.1, 0.15) is 12.4 Å². The molecule has 8 nitrogen and oxygen atoms in total. The first-order valence-electron chi connectivity index (χ1n) is 8.47. The van der Waals surface area contributed by atoms with Gasteiger partial charge in [0.05, 0.1) is 18.1 Å². The summed E-state index contributed by atoms with van der Waals surface area (Å²) in [7, 11) is 0. The number of carbonyl (C=O) groups is 1. The van der Waals surface area contributed by atoms with E-state index in [-0.39, 0.29) is 24.1 Å². The fraction of sp³-hybridized carbons (Fsp3) is 0.278. The van der Waals surface area contributed by atoms with Crippen LogP contribution in [0.4, 0.5) is 0 Å². The fourth-order valence-corrected chi connectivity index (χ4v) is 3.28. The summed E-state index contributed by atoms with van der Waals surface area (Å²) in [5.41, 5.74) is 1.18. The molecule has 3 aromatic rings. The number of pyridine rings is 1. The number of likely N-dealkylation sites (tertiary alicyclic amines) is 1. The molecule has 0 radical (unpaired) electrons. The molecular weight excluding hydrogens is 332 g/mol. The van der Waals surface area contributed by atoms with Crippen LogP contribution in [0.2, 0.25) is 0 Å². The van der Waals surface area contributed by atoms with Gasteiger partial charge in [-0.05, 0) is 25.0 Å². The van der Waals surface area contributed by atoms with Gasteiger partial charge in [0.15, 0.2) is 0 Å². The van der Waals surface area contributed by atoms with Crippen molar-refractivity contribution in [3.63, 3.8) is 0 Å². The number of rotatable bonds is 4. The lowest BCUT2D eigenvalue weighted by atomic mass is 10.1. The summed E-state index contributed by atoms with van der Waals surface area (Å²) < 4.78 is 1.74. The molecule has 1 unspecified atom stereocenters. The van der Waals surface area contributed by atoms with Gasteiger partial charge in [-0.2, -0.15) is 0 Å². The Bertz CT molecular complexity index is 951. The van der Waals surface area contributed by atoms with E-state index in [0.717, 1.165) is 18.4 Å². The zero-order chi connectivity index (χ0) is 17.9. The van der Waals surface area contributed by atoms with Crippen LogP contribution in [0.1, 0.15) is 24.7 Å². The molecule has 3 aromatic heterocycles. The molecule has 1 saturated heterocycles. The van der Waals surface area contributed by atoms with Gasteiger partial charge in [0, 0.05) is 43.0 Å². The summed E-state index contributed by atoms with van der Waals surface area (Å²) in [6.07, 6.45) is 10.00. The second-order valence-electron chi connectivity index (χ2n) is 6.23. The Balaban J connectivity index is 1.62. The maximum atomic E-state index is 12.7. The predicted octanol–water partition coefficient (Wildman–Crippen LogP) is 1.39. The van der Waals surface area contributed by atoms with E-state index in [4.69, 9.17) is 0 Å². The van der Waals surface area contributed by atoms with E-state index in [0.29, 0.717) is 18.1 Å². The number of nitrogens with one attached hydrogen (secondary N) is 1. The molecule has 0 aromatic carbocycles. The van der Waals surface area contributed by atoms with Gasteiger partial charge < -0.3 is 14.5 Å². The van der Waals surface area contributed by atoms with E-state index in [1.165, 1.54) is 6.07 Å². The normalized spacial score (nSPS) is 16.8. The monoisotopic (exact) mass is 350 g/mol. The van der Waals surface area contributed by atoms with Gasteiger partial charge >= 0.3 is 0 Å². The van der Waals surface area contributed by atoms with Crippen molar-refractivity contribution >= 4 is 5.91 Å². The quantitative estimate of drug-likeness (QED) is 0.767. The van der Waals surface area contributed by atoms with Crippen LogP contribution in [0.5, 0.6) is 0 Å². The van der Waals surface area contributed by atoms with Crippen molar-refractivity contribution in [3.05, 3.63) is 65.5 Å². The van der Waals surface area contributed by atoms with Crippen LogP contribution < -0.4 is 5.56 Å². The van der Waals surface area contributed by atoms with Crippen LogP contribution in [0.15, 0.2) is 54.1 Å². The summed E-state index contributed by atoms with van der Waals surface area (Å²) in [6.45, 7) is 0.881. The molecule has 132 valence electrons. The number of imidazole rings is 1. The van der Waals surface area contributed by atoms with Crippen LogP contribution in [0, 0.1) is 0 Å². The average Bonchev–Trinajstić information content (AvgIpc) is 3.33. The summed E-state index contributed by atoms with van der Waals surface area (Å²) in [4.78, 5) is 42.0. The van der Waals surface area contributed by atoms with E-state index in [9.17, 15) is 9.59 Å². The van der Waals surface area contributed by atoms with Crippen LogP contribution in [0.25, 0.3) is 11.3 Å². The standard InChI is InChI=1S/C18H18N6O2/c25-16-10-14(13-3-5-19-6-4-13)21-18(22-16)15-2-1-8-24(15)17(26)11-23-9-7-20-12-23/h3-7,9-10,12,15H,1-2,8,11H2,(H,21,22,25). The van der Waals surface area contributed by atoms with Gasteiger partial charge in [-0.15, -0.1) is 0 Å². The Morgan fingerprint density at radius 1 is 1.23 bits per heavy atom. The highest BCUT2D eigenvalue weighted by Gasteiger charge is 2.31. The van der Waals surface area contributed by atoms with Crippen LogP contribution >= 0.6 is 0 Å². The zero-order valence-electron chi connectivity index (χ0n) is 14.1. The number of nitrogens with zero attached hydrogens (tertiary/aromatic N) is 5. The Morgan fingerprint density at radius 2 is 2.08 bits per heavy atom. The number of hydrogen-bond acceptors (Lipinski definition) is 5. The summed E-state index contributed by atoms with van der Waals surface area (Å²) in [5.74, 6) is 0.517. The minimum atomic E-state index is -0.226. The second kappa shape index (κ2) is 6.91. The molecule has 0 bridgehead atoms. The summed E-state index contributed by atoms with van der Waals surface area (Å²) in [5, 5.41) is 0. The highest BCUT2D eigenvalue weighted by molar-refractivity contribution is 5.76. The molecule has 1 amide bonds. The van der Waals surface area contributed by atoms with Gasteiger partial charge in [-0.25, -0.2) is 9.97 Å². The molecule has 8 heteroatoms. The largest absolute Gasteiger partial charge is 0.331 e. The van der Waals surface area contributed by atoms with Crippen LogP contribution in [-0.4, -0.2) is 41.9 Å². The maximum absolute atomic E-state index is 12.7. The van der Waals surface area contributed by atoms with Gasteiger partial charge in [0.2, 0.25) is 5.91 Å². The first-order valence-corrected chi connectivity index (χ1v) is 8.47. The van der Waals surface area contributed by atoms with E-state index in [1.807, 2.05) is 12.1 Å². The third-order valence-electron chi connectivity index (χ3n) is 4.50. The molecule has 0 aliphatic carbocycles. The van der Waals surface area contributed by atoms with E-state index in [1.54, 1.807) is 40.6 Å². The summed E-state index contributed by atoms with van der Waals surface area (Å²) >= 11 is 0. The lowest BCUT2D eigenvalue weighted by Crippen LogP contribution is -2.34. The average molecular weight is 350 g/mol. The molecule has 1 aliphatic rings. The SMILES string of the molecule is O=C(Cn1ccnc1)N1CCCC1c1nc(-c2ccncc2)cc(=O)[nH]1. The third-order valence-corrected chi connectivity index (χ3v) is 4.50. The lowest BCUT2D eigenvalue weighted by Gasteiger charge is -2.24. The molecule has 4 heterocycles. The zero-order valence-corrected chi connectivity index (χ0v) is 14.1. The molecule has 1 atom stereocenters. The smallest absolute Gasteiger partial charge is 0.251 e. The number of aromatic nitrogens is 5. The topological polar surface area (TPSA) is 96.8 Å². The molecule has 26 heavy (non-hydrogen) atoms. The molecular formula is C18H18N6O2. The Hall–Kier alpha value is -3.29. The minimum absolute atomic E-state index is 0.0116. The first kappa shape index (κ1) is 16.2. The molecule has 4 rings (SSSR count). The van der Waals surface area contributed by atoms with Gasteiger partial charge in [-0.3, -0.25) is 14.6 Å². The maximum Gasteiger partial charge on any atom is 0.251 e. The van der Waals surface area contributed by atoms with Crippen molar-refractivity contribution in [1.82, 2.24) is 29.4 Å². The van der Waals surface area contributed by atoms with E-state index < -0.39 is 0 Å². The number of aromatic amines is 1. The highest BCUT2D eigenvalue weighted by Crippen LogP contribution is 2.30. The van der Waals surface area contributed by atoms with Crippen molar-refractivity contribution in [1.29, 1.82) is 0 Å². The van der Waals surface area contributed by atoms with Crippen LogP contribution in [-0.2, 0) is 11.3 Å². The number of hydrogen-bond donors (Lipinski definition) is 1. The molecule has 1 fully saturated rings. The van der Waals surface area contributed by atoms with Crippen LogP contribution in [0.3, 0.4) is 0 Å². The highest BCUT2D eigenvalue weighted by atomic mass is 16.2. The second-order valence-corrected chi connectivity index (χ2v) is 6.23. The number of carbonyl (C=O) groups excluding carboxylic acids is 1. The van der Waals surface area contributed by atoms with Crippen molar-refractivity contribution in [3.8, 4) is 11.3 Å². The molecule has 1 aliphatic heterocycles. The van der Waals surface area contributed by atoms with E-state index >= 15 is 0 Å². The summed E-state index contributed by atoms with van der Waals surface area (Å²) in [6, 6.07) is 4.86. The van der Waals surface area contributed by atoms with Crippen molar-refractivity contribution in [2.24, 2.45) is 0 Å². The Kier molecular flexibility index (Phi) is 4.30. The van der Waals surface area contributed by atoms with Crippen molar-refractivity contribution < 1.29 is 4.79 Å². The number of amides is 1. The third kappa shape index (κ3) is 3.26. The van der Waals surface area contributed by atoms with Crippen molar-refractivity contribution in [2.75, 3.05) is 6.54 Å². The van der Waals surface area contributed by atoms with E-state index in [2.05, 4.69) is 19.9 Å². The molecule has 0 spiro atoms. The Morgan fingerprint density at radius 3 is 2.85 bits per heavy atom. The predicted molar refractivity (Wildman–Crippen MR) is 94.0 cm³/mol. The molecule has 1 N–H and O–H groups in total. The molecule has 0 saturated carbocycles. The lowest BCUT2D eigenvalue weighted by molar-refractivity contribution is -0.132. The van der Waals surface area contributed by atoms with Gasteiger partial charge in [0.25, 0.3) is 5.56 Å². The Labute approximate surface area is 149 Å².